The molecule has 1 aliphatic rings. The molecule has 188 valence electrons. The van der Waals surface area contributed by atoms with E-state index in [-0.39, 0.29) is 24.9 Å². The monoisotopic (exact) mass is 489 g/mol. The Labute approximate surface area is 210 Å². The van der Waals surface area contributed by atoms with Gasteiger partial charge in [0.1, 0.15) is 17.7 Å². The third-order valence-corrected chi connectivity index (χ3v) is 5.89. The lowest BCUT2D eigenvalue weighted by Crippen LogP contribution is -2.41. The van der Waals surface area contributed by atoms with Crippen LogP contribution in [0, 0.1) is 0 Å². The van der Waals surface area contributed by atoms with Gasteiger partial charge in [0.15, 0.2) is 11.5 Å². The summed E-state index contributed by atoms with van der Waals surface area (Å²) in [5.41, 5.74) is 1.51. The molecule has 36 heavy (non-hydrogen) atoms. The normalized spacial score (nSPS) is 15.2. The molecular formula is C28H31N3O5. The van der Waals surface area contributed by atoms with Crippen LogP contribution >= 0.6 is 0 Å². The van der Waals surface area contributed by atoms with Gasteiger partial charge in [0.25, 0.3) is 0 Å². The summed E-state index contributed by atoms with van der Waals surface area (Å²) in [6.45, 7) is 4.08. The number of benzene rings is 2. The maximum atomic E-state index is 12.6. The molecule has 1 fully saturated rings. The number of hydrogen-bond donors (Lipinski definition) is 2. The number of carbonyl (C=O) groups is 2. The molecule has 1 saturated heterocycles. The van der Waals surface area contributed by atoms with Crippen LogP contribution in [0.15, 0.2) is 66.7 Å². The first-order chi connectivity index (χ1) is 17.5. The van der Waals surface area contributed by atoms with Crippen LogP contribution in [0.2, 0.25) is 0 Å². The minimum atomic E-state index is -0.881. The molecule has 2 N–H and O–H groups in total. The maximum absolute atomic E-state index is 12.6. The Bertz CT molecular complexity index is 1180. The average molecular weight is 490 g/mol. The lowest BCUT2D eigenvalue weighted by atomic mass is 10.1. The van der Waals surface area contributed by atoms with Crippen LogP contribution in [-0.2, 0) is 22.4 Å². The van der Waals surface area contributed by atoms with Crippen molar-refractivity contribution in [2.24, 2.45) is 0 Å². The molecule has 0 aliphatic carbocycles. The predicted octanol–water partition coefficient (Wildman–Crippen LogP) is 4.34. The second-order valence-corrected chi connectivity index (χ2v) is 8.70. The lowest BCUT2D eigenvalue weighted by molar-refractivity contribution is -0.136. The highest BCUT2D eigenvalue weighted by molar-refractivity contribution is 5.91. The molecule has 8 heteroatoms. The summed E-state index contributed by atoms with van der Waals surface area (Å²) >= 11 is 0. The van der Waals surface area contributed by atoms with E-state index in [9.17, 15) is 9.59 Å². The maximum Gasteiger partial charge on any atom is 0.307 e. The quantitative estimate of drug-likeness (QED) is 0.437. The molecule has 1 aromatic heterocycles. The first-order valence-corrected chi connectivity index (χ1v) is 12.2. The molecule has 8 nitrogen and oxygen atoms in total. The fraction of sp³-hybridized carbons (Fsp3) is 0.321. The molecule has 0 saturated carbocycles. The van der Waals surface area contributed by atoms with Gasteiger partial charge in [0.05, 0.1) is 26.0 Å². The summed E-state index contributed by atoms with van der Waals surface area (Å²) in [4.78, 5) is 30.2. The van der Waals surface area contributed by atoms with Crippen LogP contribution in [0.4, 0.5) is 11.6 Å². The minimum absolute atomic E-state index is 0.00417. The van der Waals surface area contributed by atoms with Crippen molar-refractivity contribution in [1.82, 2.24) is 4.98 Å². The van der Waals surface area contributed by atoms with Gasteiger partial charge in [0, 0.05) is 6.54 Å². The van der Waals surface area contributed by atoms with Gasteiger partial charge in [-0.15, -0.1) is 0 Å². The van der Waals surface area contributed by atoms with Crippen LogP contribution < -0.4 is 19.7 Å². The number of carboxylic acids is 1. The Morgan fingerprint density at radius 1 is 1.00 bits per heavy atom. The number of pyridine rings is 1. The summed E-state index contributed by atoms with van der Waals surface area (Å²) in [6.07, 6.45) is 2.06. The van der Waals surface area contributed by atoms with Gasteiger partial charge in [0.2, 0.25) is 5.91 Å². The number of carboxylic acid groups (broad SMARTS) is 1. The van der Waals surface area contributed by atoms with Crippen LogP contribution in [-0.4, -0.2) is 47.8 Å². The van der Waals surface area contributed by atoms with E-state index in [0.717, 1.165) is 42.3 Å². The van der Waals surface area contributed by atoms with E-state index < -0.39 is 5.97 Å². The van der Waals surface area contributed by atoms with Gasteiger partial charge < -0.3 is 24.8 Å². The number of aromatic nitrogens is 1. The number of nitrogens with one attached hydrogen (secondary N) is 1. The number of hydrogen-bond acceptors (Lipinski definition) is 6. The van der Waals surface area contributed by atoms with E-state index in [4.69, 9.17) is 14.6 Å². The van der Waals surface area contributed by atoms with Crippen molar-refractivity contribution in [3.05, 3.63) is 77.9 Å². The number of amides is 1. The third-order valence-electron chi connectivity index (χ3n) is 5.89. The van der Waals surface area contributed by atoms with Gasteiger partial charge in [-0.3, -0.25) is 9.59 Å². The number of rotatable bonds is 10. The van der Waals surface area contributed by atoms with Gasteiger partial charge >= 0.3 is 5.97 Å². The van der Waals surface area contributed by atoms with Crippen molar-refractivity contribution in [2.75, 3.05) is 29.9 Å². The van der Waals surface area contributed by atoms with Crippen LogP contribution in [0.25, 0.3) is 0 Å². The molecule has 0 radical (unpaired) electrons. The molecular weight excluding hydrogens is 458 g/mol. The molecule has 0 spiro atoms. The number of para-hydroxylation sites is 2. The number of ether oxygens (including phenoxy) is 2. The van der Waals surface area contributed by atoms with Crippen LogP contribution in [0.3, 0.4) is 0 Å². The minimum Gasteiger partial charge on any atom is -0.490 e. The summed E-state index contributed by atoms with van der Waals surface area (Å²) in [7, 11) is 0. The molecule has 0 bridgehead atoms. The highest BCUT2D eigenvalue weighted by atomic mass is 16.5. The van der Waals surface area contributed by atoms with Crippen LogP contribution in [0.5, 0.6) is 11.5 Å². The standard InChI is InChI=1S/C28H31N3O5/c1-2-35-23-8-3-4-9-24(23)36-22-7-6-16-31(19-22)26-11-5-10-25(29-26)30-27(32)17-20-12-14-21(15-13-20)18-28(33)34/h3-5,8-15,22H,2,6-7,16-19H2,1H3,(H,33,34)(H,29,30,32)/t22-/m1/s1. The van der Waals surface area contributed by atoms with Gasteiger partial charge in [-0.2, -0.15) is 0 Å². The number of piperidine rings is 1. The average Bonchev–Trinajstić information content (AvgIpc) is 2.87. The summed E-state index contributed by atoms with van der Waals surface area (Å²) < 4.78 is 12.0. The number of aliphatic carboxylic acids is 1. The van der Waals surface area contributed by atoms with Gasteiger partial charge in [-0.1, -0.05) is 42.5 Å². The van der Waals surface area contributed by atoms with E-state index in [2.05, 4.69) is 15.2 Å². The van der Waals surface area contributed by atoms with Crippen molar-refractivity contribution in [3.63, 3.8) is 0 Å². The van der Waals surface area contributed by atoms with E-state index in [1.807, 2.05) is 43.3 Å². The molecule has 1 amide bonds. The molecule has 2 heterocycles. The fourth-order valence-corrected chi connectivity index (χ4v) is 4.24. The first kappa shape index (κ1) is 25.0. The van der Waals surface area contributed by atoms with Crippen molar-refractivity contribution in [2.45, 2.75) is 38.7 Å². The molecule has 2 aromatic carbocycles. The van der Waals surface area contributed by atoms with E-state index in [0.29, 0.717) is 24.5 Å². The number of nitrogens with zero attached hydrogens (tertiary/aromatic N) is 2. The second kappa shape index (κ2) is 12.1. The van der Waals surface area contributed by atoms with Crippen LogP contribution in [0.1, 0.15) is 30.9 Å². The van der Waals surface area contributed by atoms with E-state index >= 15 is 0 Å². The molecule has 0 unspecified atom stereocenters. The lowest BCUT2D eigenvalue weighted by Gasteiger charge is -2.34. The Morgan fingerprint density at radius 3 is 2.44 bits per heavy atom. The summed E-state index contributed by atoms with van der Waals surface area (Å²) in [5.74, 6) is 1.71. The van der Waals surface area contributed by atoms with Crippen molar-refractivity contribution in [3.8, 4) is 11.5 Å². The Kier molecular flexibility index (Phi) is 8.39. The van der Waals surface area contributed by atoms with Gasteiger partial charge in [-0.25, -0.2) is 4.98 Å². The van der Waals surface area contributed by atoms with Gasteiger partial charge in [-0.05, 0) is 55.2 Å². The SMILES string of the molecule is CCOc1ccccc1O[C@@H]1CCCN(c2cccc(NC(=O)Cc3ccc(CC(=O)O)cc3)n2)C1. The Balaban J connectivity index is 1.35. The zero-order valence-electron chi connectivity index (χ0n) is 20.4. The first-order valence-electron chi connectivity index (χ1n) is 12.2. The largest absolute Gasteiger partial charge is 0.490 e. The smallest absolute Gasteiger partial charge is 0.307 e. The Hall–Kier alpha value is -4.07. The van der Waals surface area contributed by atoms with Crippen molar-refractivity contribution >= 4 is 23.5 Å². The van der Waals surface area contributed by atoms with Crippen molar-refractivity contribution in [1.29, 1.82) is 0 Å². The highest BCUT2D eigenvalue weighted by Gasteiger charge is 2.23. The highest BCUT2D eigenvalue weighted by Crippen LogP contribution is 2.30. The van der Waals surface area contributed by atoms with E-state index in [1.165, 1.54) is 0 Å². The molecule has 1 aliphatic heterocycles. The molecule has 3 aromatic rings. The topological polar surface area (TPSA) is 101 Å². The molecule has 1 atom stereocenters. The van der Waals surface area contributed by atoms with E-state index in [1.54, 1.807) is 30.3 Å². The molecule has 4 rings (SSSR count). The zero-order chi connectivity index (χ0) is 25.3. The summed E-state index contributed by atoms with van der Waals surface area (Å²) in [5, 5.41) is 11.8. The predicted molar refractivity (Wildman–Crippen MR) is 138 cm³/mol. The second-order valence-electron chi connectivity index (χ2n) is 8.70. The fourth-order valence-electron chi connectivity index (χ4n) is 4.24. The number of carbonyl (C=O) groups excluding carboxylic acids is 1. The zero-order valence-corrected chi connectivity index (χ0v) is 20.4. The summed E-state index contributed by atoms with van der Waals surface area (Å²) in [6, 6.07) is 20.3. The van der Waals surface area contributed by atoms with Crippen molar-refractivity contribution < 1.29 is 24.2 Å². The Morgan fingerprint density at radius 2 is 1.72 bits per heavy atom. The number of anilines is 2. The third kappa shape index (κ3) is 6.97.